The van der Waals surface area contributed by atoms with Crippen molar-refractivity contribution < 1.29 is 4.79 Å². The molecule has 0 aromatic heterocycles. The molecule has 0 spiro atoms. The molecule has 0 radical (unpaired) electrons. The summed E-state index contributed by atoms with van der Waals surface area (Å²) in [6.45, 7) is 4.12. The molecule has 2 saturated heterocycles. The second kappa shape index (κ2) is 6.59. The minimum Gasteiger partial charge on any atom is -0.358 e. The minimum absolute atomic E-state index is 0.305. The van der Waals surface area contributed by atoms with Crippen LogP contribution in [0.4, 0.5) is 0 Å². The molecule has 3 nitrogen and oxygen atoms in total. The molecule has 0 unspecified atom stereocenters. The fraction of sp³-hybridized carbons (Fsp3) is 0.833. The normalized spacial score (nSPS) is 20.0. The van der Waals surface area contributed by atoms with Gasteiger partial charge in [-0.3, -0.25) is 4.79 Å². The summed E-state index contributed by atoms with van der Waals surface area (Å²) in [4.78, 5) is 16.1. The second-order valence-electron chi connectivity index (χ2n) is 4.65. The number of hydrogen-bond donors (Lipinski definition) is 0. The molecular formula is C12H20N2OS2. The Labute approximate surface area is 113 Å². The molecule has 0 atom stereocenters. The SMILES string of the molecule is O=C(CCSC(=S)N1CCCC1)N1CCCC1. The van der Waals surface area contributed by atoms with E-state index in [9.17, 15) is 4.79 Å². The molecule has 0 aromatic carbocycles. The summed E-state index contributed by atoms with van der Waals surface area (Å²) in [5.74, 6) is 1.14. The number of thioether (sulfide) groups is 1. The third-order valence-electron chi connectivity index (χ3n) is 3.36. The Balaban J connectivity index is 1.61. The number of likely N-dealkylation sites (tertiary alicyclic amines) is 2. The fourth-order valence-corrected chi connectivity index (χ4v) is 3.59. The van der Waals surface area contributed by atoms with Crippen LogP contribution in [0.3, 0.4) is 0 Å². The van der Waals surface area contributed by atoms with Crippen LogP contribution in [0, 0.1) is 0 Å². The zero-order chi connectivity index (χ0) is 12.1. The zero-order valence-corrected chi connectivity index (χ0v) is 11.8. The number of carbonyl (C=O) groups excluding carboxylic acids is 1. The molecule has 0 N–H and O–H groups in total. The van der Waals surface area contributed by atoms with Crippen molar-refractivity contribution in [2.75, 3.05) is 31.9 Å². The van der Waals surface area contributed by atoms with Crippen LogP contribution in [0.2, 0.25) is 0 Å². The van der Waals surface area contributed by atoms with Crippen molar-refractivity contribution in [3.05, 3.63) is 0 Å². The quantitative estimate of drug-likeness (QED) is 0.734. The fourth-order valence-electron chi connectivity index (χ4n) is 2.34. The topological polar surface area (TPSA) is 23.6 Å². The van der Waals surface area contributed by atoms with E-state index in [0.29, 0.717) is 12.3 Å². The van der Waals surface area contributed by atoms with Gasteiger partial charge in [-0.2, -0.15) is 0 Å². The first-order valence-electron chi connectivity index (χ1n) is 6.47. The summed E-state index contributed by atoms with van der Waals surface area (Å²) in [7, 11) is 0. The molecule has 5 heteroatoms. The molecule has 0 aliphatic carbocycles. The standard InChI is InChI=1S/C12H20N2OS2/c15-11(13-6-1-2-7-13)5-10-17-12(16)14-8-3-4-9-14/h1-10H2. The Kier molecular flexibility index (Phi) is 5.10. The third-order valence-corrected chi connectivity index (χ3v) is 4.89. The first kappa shape index (κ1) is 13.1. The van der Waals surface area contributed by atoms with E-state index in [1.165, 1.54) is 25.7 Å². The molecule has 2 aliphatic rings. The highest BCUT2D eigenvalue weighted by atomic mass is 32.2. The van der Waals surface area contributed by atoms with Gasteiger partial charge in [0, 0.05) is 38.4 Å². The number of thiocarbonyl (C=S) groups is 1. The van der Waals surface area contributed by atoms with Gasteiger partial charge >= 0.3 is 0 Å². The van der Waals surface area contributed by atoms with Crippen LogP contribution in [0.1, 0.15) is 32.1 Å². The zero-order valence-electron chi connectivity index (χ0n) is 10.2. The van der Waals surface area contributed by atoms with Crippen LogP contribution in [0.5, 0.6) is 0 Å². The van der Waals surface area contributed by atoms with Crippen LogP contribution in [0.15, 0.2) is 0 Å². The lowest BCUT2D eigenvalue weighted by atomic mass is 10.4. The van der Waals surface area contributed by atoms with Crippen molar-refractivity contribution >= 4 is 34.2 Å². The lowest BCUT2D eigenvalue weighted by Gasteiger charge is -2.18. The maximum absolute atomic E-state index is 11.8. The molecule has 2 rings (SSSR count). The third kappa shape index (κ3) is 3.85. The summed E-state index contributed by atoms with van der Waals surface area (Å²) in [5.41, 5.74) is 0. The molecule has 0 bridgehead atoms. The van der Waals surface area contributed by atoms with Gasteiger partial charge in [0.25, 0.3) is 0 Å². The van der Waals surface area contributed by atoms with Crippen molar-refractivity contribution in [2.45, 2.75) is 32.1 Å². The van der Waals surface area contributed by atoms with Crippen LogP contribution < -0.4 is 0 Å². The molecule has 96 valence electrons. The molecular weight excluding hydrogens is 252 g/mol. The van der Waals surface area contributed by atoms with Gasteiger partial charge in [0.2, 0.25) is 5.91 Å². The molecule has 0 saturated carbocycles. The Hall–Kier alpha value is -0.290. The summed E-state index contributed by atoms with van der Waals surface area (Å²) in [6, 6.07) is 0. The summed E-state index contributed by atoms with van der Waals surface area (Å²) in [5, 5.41) is 0. The van der Waals surface area contributed by atoms with Gasteiger partial charge < -0.3 is 9.80 Å². The Morgan fingerprint density at radius 2 is 1.53 bits per heavy atom. The van der Waals surface area contributed by atoms with Crippen molar-refractivity contribution in [2.24, 2.45) is 0 Å². The van der Waals surface area contributed by atoms with E-state index in [2.05, 4.69) is 4.90 Å². The van der Waals surface area contributed by atoms with E-state index in [4.69, 9.17) is 12.2 Å². The predicted octanol–water partition coefficient (Wildman–Crippen LogP) is 2.11. The van der Waals surface area contributed by atoms with Gasteiger partial charge in [-0.1, -0.05) is 24.0 Å². The summed E-state index contributed by atoms with van der Waals surface area (Å²) in [6.07, 6.45) is 5.50. The Morgan fingerprint density at radius 3 is 2.12 bits per heavy atom. The van der Waals surface area contributed by atoms with Crippen LogP contribution in [0.25, 0.3) is 0 Å². The number of nitrogens with zero attached hydrogens (tertiary/aromatic N) is 2. The minimum atomic E-state index is 0.305. The average molecular weight is 272 g/mol. The lowest BCUT2D eigenvalue weighted by molar-refractivity contribution is -0.129. The maximum atomic E-state index is 11.8. The smallest absolute Gasteiger partial charge is 0.223 e. The van der Waals surface area contributed by atoms with E-state index in [1.807, 2.05) is 4.90 Å². The van der Waals surface area contributed by atoms with Gasteiger partial charge in [0.05, 0.1) is 0 Å². The summed E-state index contributed by atoms with van der Waals surface area (Å²) >= 11 is 7.04. The Morgan fingerprint density at radius 1 is 1.00 bits per heavy atom. The van der Waals surface area contributed by atoms with Gasteiger partial charge in [-0.15, -0.1) is 0 Å². The van der Waals surface area contributed by atoms with Crippen LogP contribution in [-0.4, -0.2) is 52.0 Å². The van der Waals surface area contributed by atoms with Crippen LogP contribution in [-0.2, 0) is 4.79 Å². The molecule has 1 amide bonds. The molecule has 2 fully saturated rings. The van der Waals surface area contributed by atoms with Gasteiger partial charge in [0.1, 0.15) is 4.32 Å². The highest BCUT2D eigenvalue weighted by Gasteiger charge is 2.19. The number of rotatable bonds is 3. The lowest BCUT2D eigenvalue weighted by Crippen LogP contribution is -2.28. The van der Waals surface area contributed by atoms with Crippen molar-refractivity contribution in [1.82, 2.24) is 9.80 Å². The molecule has 0 aromatic rings. The van der Waals surface area contributed by atoms with E-state index in [-0.39, 0.29) is 0 Å². The van der Waals surface area contributed by atoms with E-state index in [0.717, 1.165) is 36.3 Å². The number of hydrogen-bond acceptors (Lipinski definition) is 3. The van der Waals surface area contributed by atoms with E-state index < -0.39 is 0 Å². The summed E-state index contributed by atoms with van der Waals surface area (Å²) < 4.78 is 0.983. The largest absolute Gasteiger partial charge is 0.358 e. The van der Waals surface area contributed by atoms with Gasteiger partial charge in [0.15, 0.2) is 0 Å². The van der Waals surface area contributed by atoms with Crippen molar-refractivity contribution in [3.8, 4) is 0 Å². The number of amides is 1. The van der Waals surface area contributed by atoms with Crippen molar-refractivity contribution in [1.29, 1.82) is 0 Å². The average Bonchev–Trinajstić information content (AvgIpc) is 3.02. The maximum Gasteiger partial charge on any atom is 0.223 e. The van der Waals surface area contributed by atoms with Crippen LogP contribution >= 0.6 is 24.0 Å². The second-order valence-corrected chi connectivity index (χ2v) is 6.38. The monoisotopic (exact) mass is 272 g/mol. The van der Waals surface area contributed by atoms with E-state index in [1.54, 1.807) is 11.8 Å². The first-order valence-corrected chi connectivity index (χ1v) is 7.86. The Bertz CT molecular complexity index is 256. The molecule has 2 heterocycles. The number of carbonyl (C=O) groups is 1. The highest BCUT2D eigenvalue weighted by Crippen LogP contribution is 2.17. The predicted molar refractivity (Wildman–Crippen MR) is 76.3 cm³/mol. The van der Waals surface area contributed by atoms with Crippen molar-refractivity contribution in [3.63, 3.8) is 0 Å². The molecule has 2 aliphatic heterocycles. The first-order chi connectivity index (χ1) is 8.27. The van der Waals surface area contributed by atoms with Gasteiger partial charge in [-0.05, 0) is 25.7 Å². The molecule has 17 heavy (non-hydrogen) atoms. The highest BCUT2D eigenvalue weighted by molar-refractivity contribution is 8.22. The van der Waals surface area contributed by atoms with E-state index >= 15 is 0 Å². The van der Waals surface area contributed by atoms with Gasteiger partial charge in [-0.25, -0.2) is 0 Å².